The summed E-state index contributed by atoms with van der Waals surface area (Å²) in [6.07, 6.45) is 6.88. The second-order valence-electron chi connectivity index (χ2n) is 5.74. The zero-order valence-electron chi connectivity index (χ0n) is 12.3. The van der Waals surface area contributed by atoms with Crippen molar-refractivity contribution in [1.82, 2.24) is 15.1 Å². The first-order valence-corrected chi connectivity index (χ1v) is 7.52. The van der Waals surface area contributed by atoms with Gasteiger partial charge in [-0.1, -0.05) is 24.3 Å². The van der Waals surface area contributed by atoms with Crippen LogP contribution in [-0.4, -0.2) is 16.8 Å². The fourth-order valence-electron chi connectivity index (χ4n) is 3.50. The number of nitrogens with one attached hydrogen (secondary N) is 1. The highest BCUT2D eigenvalue weighted by atomic mass is 15.3. The molecular weight excluding hydrogens is 246 g/mol. The molecule has 1 N–H and O–H groups in total. The van der Waals surface area contributed by atoms with Crippen LogP contribution in [0, 0.1) is 0 Å². The van der Waals surface area contributed by atoms with Gasteiger partial charge in [0.25, 0.3) is 0 Å². The molecule has 0 spiro atoms. The van der Waals surface area contributed by atoms with Crippen molar-refractivity contribution >= 4 is 0 Å². The molecule has 0 aliphatic heterocycles. The highest BCUT2D eigenvalue weighted by molar-refractivity contribution is 5.33. The van der Waals surface area contributed by atoms with Crippen LogP contribution in [0.1, 0.15) is 48.0 Å². The molecule has 0 saturated carbocycles. The van der Waals surface area contributed by atoms with Crippen LogP contribution in [0.4, 0.5) is 0 Å². The smallest absolute Gasteiger partial charge is 0.0550 e. The third kappa shape index (κ3) is 2.50. The second-order valence-corrected chi connectivity index (χ2v) is 5.74. The number of rotatable bonds is 4. The van der Waals surface area contributed by atoms with Crippen LogP contribution in [0.2, 0.25) is 0 Å². The third-order valence-corrected chi connectivity index (χ3v) is 4.58. The summed E-state index contributed by atoms with van der Waals surface area (Å²) in [4.78, 5) is 0. The first-order chi connectivity index (χ1) is 9.79. The topological polar surface area (TPSA) is 29.9 Å². The summed E-state index contributed by atoms with van der Waals surface area (Å²) in [6.45, 7) is 0. The molecule has 3 nitrogen and oxygen atoms in total. The maximum atomic E-state index is 4.30. The van der Waals surface area contributed by atoms with Gasteiger partial charge >= 0.3 is 0 Å². The van der Waals surface area contributed by atoms with Crippen LogP contribution in [0.5, 0.6) is 0 Å². The Morgan fingerprint density at radius 2 is 2.20 bits per heavy atom. The average Bonchev–Trinajstić information content (AvgIpc) is 2.91. The normalized spacial score (nSPS) is 19.6. The number of aryl methyl sites for hydroxylation is 2. The lowest BCUT2D eigenvalue weighted by Crippen LogP contribution is -2.23. The first kappa shape index (κ1) is 13.4. The van der Waals surface area contributed by atoms with E-state index in [1.165, 1.54) is 25.0 Å². The second kappa shape index (κ2) is 5.80. The van der Waals surface area contributed by atoms with Gasteiger partial charge < -0.3 is 5.32 Å². The lowest BCUT2D eigenvalue weighted by Gasteiger charge is -2.29. The zero-order chi connectivity index (χ0) is 13.9. The van der Waals surface area contributed by atoms with Gasteiger partial charge in [-0.25, -0.2) is 0 Å². The van der Waals surface area contributed by atoms with E-state index in [0.717, 1.165) is 6.42 Å². The molecule has 20 heavy (non-hydrogen) atoms. The van der Waals surface area contributed by atoms with Crippen molar-refractivity contribution in [3.63, 3.8) is 0 Å². The predicted molar refractivity (Wildman–Crippen MR) is 81.7 cm³/mol. The maximum Gasteiger partial charge on any atom is 0.0550 e. The highest BCUT2D eigenvalue weighted by Gasteiger charge is 2.24. The Labute approximate surface area is 121 Å². The van der Waals surface area contributed by atoms with Crippen LogP contribution in [0.3, 0.4) is 0 Å². The van der Waals surface area contributed by atoms with Gasteiger partial charge in [0.2, 0.25) is 0 Å². The van der Waals surface area contributed by atoms with E-state index < -0.39 is 0 Å². The highest BCUT2D eigenvalue weighted by Crippen LogP contribution is 2.37. The number of fused-ring (bicyclic) bond motifs is 1. The fraction of sp³-hybridized carbons (Fsp3) is 0.471. The minimum absolute atomic E-state index is 0.374. The largest absolute Gasteiger partial charge is 0.312 e. The Morgan fingerprint density at radius 1 is 1.35 bits per heavy atom. The van der Waals surface area contributed by atoms with Gasteiger partial charge in [-0.15, -0.1) is 0 Å². The number of hydrogen-bond donors (Lipinski definition) is 1. The number of benzene rings is 1. The summed E-state index contributed by atoms with van der Waals surface area (Å²) in [6, 6.07) is 11.4. The molecule has 1 aromatic carbocycles. The summed E-state index contributed by atoms with van der Waals surface area (Å²) in [5, 5.41) is 7.76. The Kier molecular flexibility index (Phi) is 3.88. The number of aromatic nitrogens is 2. The molecular formula is C17H23N3. The van der Waals surface area contributed by atoms with E-state index in [1.54, 1.807) is 11.1 Å². The van der Waals surface area contributed by atoms with Gasteiger partial charge in [0, 0.05) is 19.3 Å². The molecule has 1 aliphatic rings. The molecule has 2 atom stereocenters. The Hall–Kier alpha value is -1.61. The SMILES string of the molecule is CNC(CC1CCCc2ccccc21)c1ccnn1C. The molecule has 3 rings (SSSR count). The van der Waals surface area contributed by atoms with E-state index in [1.807, 2.05) is 25.0 Å². The van der Waals surface area contributed by atoms with Crippen LogP contribution in [-0.2, 0) is 13.5 Å². The molecule has 1 aromatic heterocycles. The quantitative estimate of drug-likeness (QED) is 0.924. The molecule has 0 bridgehead atoms. The average molecular weight is 269 g/mol. The van der Waals surface area contributed by atoms with Crippen molar-refractivity contribution < 1.29 is 0 Å². The van der Waals surface area contributed by atoms with E-state index in [9.17, 15) is 0 Å². The molecule has 1 aliphatic carbocycles. The minimum Gasteiger partial charge on any atom is -0.312 e. The summed E-state index contributed by atoms with van der Waals surface area (Å²) < 4.78 is 1.98. The van der Waals surface area contributed by atoms with E-state index in [2.05, 4.69) is 40.7 Å². The van der Waals surface area contributed by atoms with Crippen molar-refractivity contribution in [3.8, 4) is 0 Å². The van der Waals surface area contributed by atoms with Gasteiger partial charge in [0.15, 0.2) is 0 Å². The molecule has 2 aromatic rings. The molecule has 0 fully saturated rings. The predicted octanol–water partition coefficient (Wildman–Crippen LogP) is 3.19. The van der Waals surface area contributed by atoms with E-state index in [4.69, 9.17) is 0 Å². The van der Waals surface area contributed by atoms with Crippen molar-refractivity contribution in [2.45, 2.75) is 37.6 Å². The molecule has 3 heteroatoms. The zero-order valence-corrected chi connectivity index (χ0v) is 12.3. The Bertz CT molecular complexity index is 573. The van der Waals surface area contributed by atoms with Gasteiger partial charge in [-0.05, 0) is 55.8 Å². The molecule has 1 heterocycles. The van der Waals surface area contributed by atoms with Crippen molar-refractivity contribution in [3.05, 3.63) is 53.3 Å². The number of nitrogens with zero attached hydrogens (tertiary/aromatic N) is 2. The van der Waals surface area contributed by atoms with E-state index in [0.29, 0.717) is 12.0 Å². The summed E-state index contributed by atoms with van der Waals surface area (Å²) in [5.74, 6) is 0.660. The van der Waals surface area contributed by atoms with Crippen LogP contribution < -0.4 is 5.32 Å². The van der Waals surface area contributed by atoms with Crippen molar-refractivity contribution in [2.75, 3.05) is 7.05 Å². The van der Waals surface area contributed by atoms with Crippen LogP contribution in [0.25, 0.3) is 0 Å². The maximum absolute atomic E-state index is 4.30. The Morgan fingerprint density at radius 3 is 2.95 bits per heavy atom. The molecule has 0 saturated heterocycles. The third-order valence-electron chi connectivity index (χ3n) is 4.58. The number of hydrogen-bond acceptors (Lipinski definition) is 2. The van der Waals surface area contributed by atoms with Gasteiger partial charge in [0.1, 0.15) is 0 Å². The first-order valence-electron chi connectivity index (χ1n) is 7.52. The van der Waals surface area contributed by atoms with Gasteiger partial charge in [0.05, 0.1) is 5.69 Å². The molecule has 106 valence electrons. The van der Waals surface area contributed by atoms with Crippen LogP contribution >= 0.6 is 0 Å². The van der Waals surface area contributed by atoms with Gasteiger partial charge in [-0.2, -0.15) is 5.10 Å². The fourth-order valence-corrected chi connectivity index (χ4v) is 3.50. The van der Waals surface area contributed by atoms with Crippen molar-refractivity contribution in [1.29, 1.82) is 0 Å². The lowest BCUT2D eigenvalue weighted by atomic mass is 9.79. The summed E-state index contributed by atoms with van der Waals surface area (Å²) in [5.41, 5.74) is 4.38. The standard InChI is InChI=1S/C17H23N3/c1-18-16(17-10-11-19-20(17)2)12-14-8-5-7-13-6-3-4-9-15(13)14/h3-4,6,9-11,14,16,18H,5,7-8,12H2,1-2H3. The van der Waals surface area contributed by atoms with Crippen LogP contribution in [0.15, 0.2) is 36.5 Å². The van der Waals surface area contributed by atoms with Crippen molar-refractivity contribution in [2.24, 2.45) is 7.05 Å². The van der Waals surface area contributed by atoms with E-state index in [-0.39, 0.29) is 0 Å². The monoisotopic (exact) mass is 269 g/mol. The summed E-state index contributed by atoms with van der Waals surface area (Å²) >= 11 is 0. The van der Waals surface area contributed by atoms with Gasteiger partial charge in [-0.3, -0.25) is 4.68 Å². The summed E-state index contributed by atoms with van der Waals surface area (Å²) in [7, 11) is 4.07. The minimum atomic E-state index is 0.374. The Balaban J connectivity index is 1.82. The molecule has 0 radical (unpaired) electrons. The van der Waals surface area contributed by atoms with E-state index >= 15 is 0 Å². The molecule has 2 unspecified atom stereocenters. The lowest BCUT2D eigenvalue weighted by molar-refractivity contribution is 0.423. The molecule has 0 amide bonds.